The molecule has 0 saturated heterocycles. The zero-order valence-electron chi connectivity index (χ0n) is 12.1. The van der Waals surface area contributed by atoms with E-state index in [-0.39, 0.29) is 11.9 Å². The fourth-order valence-corrected chi connectivity index (χ4v) is 3.06. The van der Waals surface area contributed by atoms with Gasteiger partial charge in [0.25, 0.3) is 5.91 Å². The first-order valence-electron chi connectivity index (χ1n) is 7.54. The molecule has 0 spiro atoms. The van der Waals surface area contributed by atoms with Crippen LogP contribution in [-0.2, 0) is 6.42 Å². The highest BCUT2D eigenvalue weighted by atomic mass is 16.3. The normalized spacial score (nSPS) is 17.2. The van der Waals surface area contributed by atoms with Crippen molar-refractivity contribution in [2.45, 2.75) is 25.3 Å². The number of rotatable bonds is 2. The third-order valence-corrected chi connectivity index (χ3v) is 4.19. The maximum atomic E-state index is 12.5. The van der Waals surface area contributed by atoms with E-state index in [4.69, 9.17) is 4.42 Å². The molecule has 0 saturated carbocycles. The van der Waals surface area contributed by atoms with E-state index in [2.05, 4.69) is 10.3 Å². The number of amides is 1. The first-order valence-corrected chi connectivity index (χ1v) is 7.54. The Labute approximate surface area is 128 Å². The number of para-hydroxylation sites is 1. The second-order valence-electron chi connectivity index (χ2n) is 5.61. The van der Waals surface area contributed by atoms with Crippen LogP contribution in [0.15, 0.2) is 53.1 Å². The van der Waals surface area contributed by atoms with Crippen LogP contribution in [0.1, 0.15) is 40.7 Å². The first-order chi connectivity index (χ1) is 10.8. The fraction of sp³-hybridized carbons (Fsp3) is 0.222. The molecule has 0 bridgehead atoms. The van der Waals surface area contributed by atoms with Gasteiger partial charge in [0.15, 0.2) is 0 Å². The number of fused-ring (bicyclic) bond motifs is 2. The summed E-state index contributed by atoms with van der Waals surface area (Å²) in [5, 5.41) is 4.12. The average Bonchev–Trinajstić information content (AvgIpc) is 3.04. The molecule has 110 valence electrons. The number of aromatic nitrogens is 1. The minimum atomic E-state index is -0.134. The van der Waals surface area contributed by atoms with Gasteiger partial charge in [-0.05, 0) is 31.0 Å². The van der Waals surface area contributed by atoms with E-state index < -0.39 is 0 Å². The second-order valence-corrected chi connectivity index (χ2v) is 5.61. The van der Waals surface area contributed by atoms with E-state index >= 15 is 0 Å². The number of nitrogens with one attached hydrogen (secondary N) is 1. The molecule has 1 N–H and O–H groups in total. The van der Waals surface area contributed by atoms with Gasteiger partial charge in [-0.3, -0.25) is 4.79 Å². The molecule has 0 aliphatic heterocycles. The van der Waals surface area contributed by atoms with E-state index in [9.17, 15) is 4.79 Å². The van der Waals surface area contributed by atoms with Crippen LogP contribution in [0.4, 0.5) is 0 Å². The van der Waals surface area contributed by atoms with E-state index in [0.717, 1.165) is 41.5 Å². The molecule has 1 aliphatic rings. The van der Waals surface area contributed by atoms with Gasteiger partial charge in [-0.15, -0.1) is 0 Å². The number of hydrogen-bond donors (Lipinski definition) is 1. The largest absolute Gasteiger partial charge is 0.469 e. The van der Waals surface area contributed by atoms with Crippen LogP contribution in [0, 0.1) is 0 Å². The molecule has 0 fully saturated rings. The summed E-state index contributed by atoms with van der Waals surface area (Å²) in [6.07, 6.45) is 4.61. The fourth-order valence-electron chi connectivity index (χ4n) is 3.06. The lowest BCUT2D eigenvalue weighted by atomic mass is 9.93. The van der Waals surface area contributed by atoms with Crippen molar-refractivity contribution in [1.29, 1.82) is 0 Å². The highest BCUT2D eigenvalue weighted by Crippen LogP contribution is 2.30. The van der Waals surface area contributed by atoms with Crippen LogP contribution < -0.4 is 5.32 Å². The summed E-state index contributed by atoms with van der Waals surface area (Å²) in [6.45, 7) is 0. The van der Waals surface area contributed by atoms with Crippen LogP contribution in [-0.4, -0.2) is 10.9 Å². The average molecular weight is 292 g/mol. The molecule has 2 heterocycles. The second kappa shape index (κ2) is 5.30. The third kappa shape index (κ3) is 2.26. The molecule has 4 heteroatoms. The Morgan fingerprint density at radius 2 is 2.09 bits per heavy atom. The number of aryl methyl sites for hydroxylation is 1. The molecule has 1 unspecified atom stereocenters. The Kier molecular flexibility index (Phi) is 3.15. The number of furan rings is 1. The van der Waals surface area contributed by atoms with Crippen molar-refractivity contribution >= 4 is 16.8 Å². The molecule has 0 radical (unpaired) electrons. The molecule has 1 aliphatic carbocycles. The van der Waals surface area contributed by atoms with Gasteiger partial charge in [0.05, 0.1) is 17.8 Å². The summed E-state index contributed by atoms with van der Waals surface area (Å²) in [7, 11) is 0. The topological polar surface area (TPSA) is 55.1 Å². The minimum absolute atomic E-state index is 0.0169. The smallest absolute Gasteiger partial charge is 0.270 e. The van der Waals surface area contributed by atoms with Crippen molar-refractivity contribution in [3.63, 3.8) is 0 Å². The summed E-state index contributed by atoms with van der Waals surface area (Å²) in [5.41, 5.74) is 2.39. The maximum Gasteiger partial charge on any atom is 0.270 e. The summed E-state index contributed by atoms with van der Waals surface area (Å²) in [5.74, 6) is 0.854. The molecular weight excluding hydrogens is 276 g/mol. The SMILES string of the molecule is O=C(NC1CCCc2occc21)c1ccc2ccccc2n1. The van der Waals surface area contributed by atoms with Crippen molar-refractivity contribution in [3.05, 3.63) is 65.7 Å². The maximum absolute atomic E-state index is 12.5. The summed E-state index contributed by atoms with van der Waals surface area (Å²) >= 11 is 0. The van der Waals surface area contributed by atoms with Crippen molar-refractivity contribution in [2.24, 2.45) is 0 Å². The van der Waals surface area contributed by atoms with Gasteiger partial charge in [0.1, 0.15) is 11.5 Å². The van der Waals surface area contributed by atoms with Gasteiger partial charge in [0.2, 0.25) is 0 Å². The van der Waals surface area contributed by atoms with Crippen LogP contribution in [0.3, 0.4) is 0 Å². The van der Waals surface area contributed by atoms with E-state index in [1.54, 1.807) is 12.3 Å². The highest BCUT2D eigenvalue weighted by molar-refractivity contribution is 5.95. The van der Waals surface area contributed by atoms with Crippen LogP contribution in [0.25, 0.3) is 10.9 Å². The van der Waals surface area contributed by atoms with E-state index in [1.807, 2.05) is 36.4 Å². The molecular formula is C18H16N2O2. The number of hydrogen-bond acceptors (Lipinski definition) is 3. The van der Waals surface area contributed by atoms with E-state index in [1.165, 1.54) is 0 Å². The number of benzene rings is 1. The molecule has 1 aromatic carbocycles. The van der Waals surface area contributed by atoms with Gasteiger partial charge in [-0.25, -0.2) is 4.98 Å². The van der Waals surface area contributed by atoms with Crippen molar-refractivity contribution in [1.82, 2.24) is 10.3 Å². The lowest BCUT2D eigenvalue weighted by molar-refractivity contribution is 0.0927. The minimum Gasteiger partial charge on any atom is -0.469 e. The summed E-state index contributed by atoms with van der Waals surface area (Å²) < 4.78 is 5.46. The van der Waals surface area contributed by atoms with Crippen molar-refractivity contribution in [2.75, 3.05) is 0 Å². The molecule has 22 heavy (non-hydrogen) atoms. The number of nitrogens with zero attached hydrogens (tertiary/aromatic N) is 1. The number of carbonyl (C=O) groups is 1. The van der Waals surface area contributed by atoms with Crippen LogP contribution in [0.5, 0.6) is 0 Å². The molecule has 1 amide bonds. The van der Waals surface area contributed by atoms with Crippen LogP contribution in [0.2, 0.25) is 0 Å². The first kappa shape index (κ1) is 13.1. The zero-order valence-corrected chi connectivity index (χ0v) is 12.1. The standard InChI is InChI=1S/C18H16N2O2/c21-18(16-9-8-12-4-1-2-5-14(12)19-16)20-15-6-3-7-17-13(15)10-11-22-17/h1-2,4-5,8-11,15H,3,6-7H2,(H,20,21). The zero-order chi connectivity index (χ0) is 14.9. The van der Waals surface area contributed by atoms with Gasteiger partial charge < -0.3 is 9.73 Å². The van der Waals surface area contributed by atoms with Crippen molar-refractivity contribution in [3.8, 4) is 0 Å². The number of carbonyl (C=O) groups excluding carboxylic acids is 1. The van der Waals surface area contributed by atoms with Gasteiger partial charge in [0, 0.05) is 17.4 Å². The van der Waals surface area contributed by atoms with Gasteiger partial charge in [-0.2, -0.15) is 0 Å². The highest BCUT2D eigenvalue weighted by Gasteiger charge is 2.24. The Morgan fingerprint density at radius 3 is 3.05 bits per heavy atom. The summed E-state index contributed by atoms with van der Waals surface area (Å²) in [6, 6.07) is 13.5. The number of pyridine rings is 1. The third-order valence-electron chi connectivity index (χ3n) is 4.19. The molecule has 2 aromatic heterocycles. The molecule has 4 nitrogen and oxygen atoms in total. The Morgan fingerprint density at radius 1 is 1.18 bits per heavy atom. The molecule has 4 rings (SSSR count). The summed E-state index contributed by atoms with van der Waals surface area (Å²) in [4.78, 5) is 16.9. The predicted octanol–water partition coefficient (Wildman–Crippen LogP) is 3.64. The van der Waals surface area contributed by atoms with E-state index in [0.29, 0.717) is 5.69 Å². The lowest BCUT2D eigenvalue weighted by Gasteiger charge is -2.22. The van der Waals surface area contributed by atoms with Crippen molar-refractivity contribution < 1.29 is 9.21 Å². The monoisotopic (exact) mass is 292 g/mol. The Bertz CT molecular complexity index is 838. The van der Waals surface area contributed by atoms with Crippen LogP contribution >= 0.6 is 0 Å². The Hall–Kier alpha value is -2.62. The predicted molar refractivity (Wildman–Crippen MR) is 83.6 cm³/mol. The Balaban J connectivity index is 1.59. The lowest BCUT2D eigenvalue weighted by Crippen LogP contribution is -2.31. The van der Waals surface area contributed by atoms with Gasteiger partial charge in [-0.1, -0.05) is 24.3 Å². The van der Waals surface area contributed by atoms with Gasteiger partial charge >= 0.3 is 0 Å². The molecule has 1 atom stereocenters. The molecule has 3 aromatic rings. The quantitative estimate of drug-likeness (QED) is 0.784.